The molecule has 2 heterocycles. The number of fused-ring (bicyclic) bond motifs is 2. The Labute approximate surface area is 291 Å². The third kappa shape index (κ3) is 10.2. The van der Waals surface area contributed by atoms with E-state index in [9.17, 15) is 10.2 Å². The minimum Gasteiger partial charge on any atom is -0.508 e. The van der Waals surface area contributed by atoms with E-state index >= 15 is 0 Å². The van der Waals surface area contributed by atoms with E-state index in [2.05, 4.69) is 42.6 Å². The standard InChI is InChI=1S/2C14H12N2OS.2BHIP/c2*1-15-10-4-2-9(3-5-10)14-16-12-7-6-11(17)8-13(12)18-14;2*1-3-2/h2*2-8,15,17H,1H3;2*3H/i1T3;;3T;. The van der Waals surface area contributed by atoms with E-state index < -0.39 is 13.0 Å². The molecule has 2 atom stereocenters. The summed E-state index contributed by atoms with van der Waals surface area (Å²) in [6.07, 6.45) is 0.553. The van der Waals surface area contributed by atoms with Crippen LogP contribution in [0.1, 0.15) is 4.11 Å². The number of phenolic OH excluding ortho intramolecular Hbond substituents is 2. The first-order valence-electron chi connectivity index (χ1n) is 13.9. The normalized spacial score (nSPS) is 12.7. The molecule has 14 heteroatoms. The minimum absolute atomic E-state index is 0.218. The zero-order valence-electron chi connectivity index (χ0n) is 26.0. The molecule has 0 aliphatic rings. The van der Waals surface area contributed by atoms with E-state index in [-0.39, 0.29) is 11.5 Å². The molecule has 0 fully saturated rings. The van der Waals surface area contributed by atoms with E-state index in [1.165, 1.54) is 11.3 Å². The van der Waals surface area contributed by atoms with Gasteiger partial charge in [-0.25, -0.2) is 9.97 Å². The molecule has 42 heavy (non-hydrogen) atoms. The molecule has 0 saturated heterocycles. The number of hydrogen-bond acceptors (Lipinski definition) is 8. The van der Waals surface area contributed by atoms with Crippen molar-refractivity contribution in [3.63, 3.8) is 0 Å². The number of anilines is 2. The molecular weight excluding hydrogens is 826 g/mol. The van der Waals surface area contributed by atoms with Crippen LogP contribution in [-0.2, 0) is 0 Å². The van der Waals surface area contributed by atoms with Crippen LogP contribution in [0.3, 0.4) is 0 Å². The van der Waals surface area contributed by atoms with E-state index in [0.29, 0.717) is 11.8 Å². The van der Waals surface area contributed by atoms with Gasteiger partial charge in [-0.3, -0.25) is 0 Å². The van der Waals surface area contributed by atoms with Gasteiger partial charge in [-0.05, 0) is 84.9 Å². The lowest BCUT2D eigenvalue weighted by Gasteiger charge is -2.00. The number of nitrogens with zero attached hydrogens (tertiary/aromatic N) is 2. The van der Waals surface area contributed by atoms with Crippen LogP contribution in [0.15, 0.2) is 84.9 Å². The van der Waals surface area contributed by atoms with Crippen molar-refractivity contribution < 1.29 is 14.3 Å². The van der Waals surface area contributed by atoms with E-state index in [1.54, 1.807) is 53.8 Å². The van der Waals surface area contributed by atoms with Crippen LogP contribution < -0.4 is 10.6 Å². The predicted molar refractivity (Wildman–Crippen MR) is 209 cm³/mol. The van der Waals surface area contributed by atoms with Gasteiger partial charge in [-0.1, -0.05) is 44.1 Å². The van der Waals surface area contributed by atoms with Crippen molar-refractivity contribution in [1.29, 1.82) is 1.28 Å². The summed E-state index contributed by atoms with van der Waals surface area (Å²) >= 11 is 7.01. The van der Waals surface area contributed by atoms with Crippen molar-refractivity contribution in [3.8, 4) is 32.6 Å². The zero-order valence-corrected chi connectivity index (χ0v) is 29.9. The smallest absolute Gasteiger partial charge is 0.124 e. The number of rotatable bonds is 4. The first-order valence-corrected chi connectivity index (χ1v) is 21.5. The van der Waals surface area contributed by atoms with E-state index in [1.807, 2.05) is 71.6 Å². The monoisotopic (exact) mass is 860 g/mol. The molecule has 6 rings (SSSR count). The second kappa shape index (κ2) is 18.2. The Kier molecular flexibility index (Phi) is 12.6. The molecule has 2 aromatic heterocycles. The fraction of sp³-hybridized carbons (Fsp3) is 0.0714. The van der Waals surface area contributed by atoms with Gasteiger partial charge in [-0.2, -0.15) is 0 Å². The number of benzene rings is 4. The van der Waals surface area contributed by atoms with Crippen LogP contribution in [0.5, 0.6) is 11.5 Å². The van der Waals surface area contributed by atoms with Crippen LogP contribution in [-0.4, -0.2) is 50.6 Å². The number of phenols is 2. The lowest BCUT2D eigenvalue weighted by Crippen LogP contribution is -1.86. The Balaban J connectivity index is 0.000000210. The largest absolute Gasteiger partial charge is 0.508 e. The van der Waals surface area contributed by atoms with Crippen molar-refractivity contribution in [2.24, 2.45) is 0 Å². The van der Waals surface area contributed by atoms with Gasteiger partial charge in [0, 0.05) is 40.6 Å². The number of aromatic hydroxyl groups is 2. The second-order valence-corrected chi connectivity index (χ2v) is 14.1. The molecule has 0 saturated carbocycles. The topological polar surface area (TPSA) is 90.3 Å². The summed E-state index contributed by atoms with van der Waals surface area (Å²) in [4.78, 5) is 9.07. The average Bonchev–Trinajstić information content (AvgIpc) is 3.61. The first kappa shape index (κ1) is 29.0. The van der Waals surface area contributed by atoms with Crippen molar-refractivity contribution in [2.45, 2.75) is 0 Å². The highest BCUT2D eigenvalue weighted by Crippen LogP contribution is 2.33. The molecule has 6 nitrogen and oxygen atoms in total. The molecule has 0 aliphatic carbocycles. The Morgan fingerprint density at radius 2 is 1.12 bits per heavy atom. The molecule has 4 radical (unpaired) electrons. The van der Waals surface area contributed by atoms with Crippen LogP contribution >= 0.6 is 78.9 Å². The van der Waals surface area contributed by atoms with Crippen LogP contribution in [0.2, 0.25) is 0 Å². The fourth-order valence-electron chi connectivity index (χ4n) is 3.55. The van der Waals surface area contributed by atoms with E-state index in [4.69, 9.17) is 20.5 Å². The van der Waals surface area contributed by atoms with Gasteiger partial charge in [0.2, 0.25) is 0 Å². The SMILES string of the molecule is CNc1ccc(-c2nc3ccc(O)cc3s2)cc1.[3H]C([3H])([3H])Nc1ccc(-c2nc3ccc(O)cc3s2)cc1.[3H]P([B])I.[B]PI. The molecule has 0 bridgehead atoms. The average molecular weight is 860 g/mol. The lowest BCUT2D eigenvalue weighted by molar-refractivity contribution is 0.475. The molecule has 4 N–H and O–H groups in total. The van der Waals surface area contributed by atoms with Gasteiger partial charge in [0.15, 0.2) is 0 Å². The summed E-state index contributed by atoms with van der Waals surface area (Å²) in [5.74, 6) is 0.498. The van der Waals surface area contributed by atoms with Crippen LogP contribution in [0, 0.1) is 0 Å². The Hall–Kier alpha value is -1.69. The quantitative estimate of drug-likeness (QED) is 0.0803. The molecule has 4 aromatic carbocycles. The number of thiazole rings is 2. The molecule has 212 valence electrons. The van der Waals surface area contributed by atoms with Gasteiger partial charge in [0.05, 0.1) is 21.7 Å². The highest BCUT2D eigenvalue weighted by molar-refractivity contribution is 14.2. The maximum absolute atomic E-state index is 9.47. The third-order valence-corrected chi connectivity index (χ3v) is 7.58. The zero-order chi connectivity index (χ0) is 33.9. The third-order valence-electron chi connectivity index (χ3n) is 5.44. The molecule has 6 aromatic rings. The van der Waals surface area contributed by atoms with Gasteiger partial charge in [0.1, 0.15) is 36.6 Å². The van der Waals surface area contributed by atoms with E-state index in [0.717, 1.165) is 47.3 Å². The van der Waals surface area contributed by atoms with Gasteiger partial charge >= 0.3 is 0 Å². The summed E-state index contributed by atoms with van der Waals surface area (Å²) in [5.41, 5.74) is 5.37. The van der Waals surface area contributed by atoms with Crippen molar-refractivity contribution in [2.75, 3.05) is 24.7 Å². The molecule has 2 unspecified atom stereocenters. The number of halogens is 2. The van der Waals surface area contributed by atoms with Gasteiger partial charge in [0.25, 0.3) is 0 Å². The van der Waals surface area contributed by atoms with Crippen molar-refractivity contribution >= 4 is 126 Å². The highest BCUT2D eigenvalue weighted by atomic mass is 127. The number of nitrogens with one attached hydrogen (secondary N) is 2. The first-order chi connectivity index (χ1) is 21.8. The number of hydrogen-bond donors (Lipinski definition) is 4. The summed E-state index contributed by atoms with van der Waals surface area (Å²) in [6.45, 7) is -2.20. The second-order valence-electron chi connectivity index (χ2n) is 8.08. The Morgan fingerprint density at radius 1 is 0.738 bits per heavy atom. The molecule has 0 amide bonds. The summed E-state index contributed by atoms with van der Waals surface area (Å²) in [7, 11) is 11.6. The number of aromatic nitrogens is 2. The maximum atomic E-state index is 9.47. The highest BCUT2D eigenvalue weighted by Gasteiger charge is 2.08. The predicted octanol–water partition coefficient (Wildman–Crippen LogP) is 9.62. The van der Waals surface area contributed by atoms with Gasteiger partial charge < -0.3 is 20.8 Å². The Morgan fingerprint density at radius 3 is 1.48 bits per heavy atom. The van der Waals surface area contributed by atoms with Crippen LogP contribution in [0.4, 0.5) is 11.4 Å². The van der Waals surface area contributed by atoms with Crippen molar-refractivity contribution in [3.05, 3.63) is 84.9 Å². The fourth-order valence-corrected chi connectivity index (χ4v) is 5.56. The molecule has 0 aliphatic heterocycles. The molecule has 0 spiro atoms. The molecular formula is C28H26B2I2N4O2P2S2. The minimum atomic E-state index is -2.20. The van der Waals surface area contributed by atoms with Gasteiger partial charge in [-0.15, -0.1) is 34.8 Å². The summed E-state index contributed by atoms with van der Waals surface area (Å²) in [5, 5.41) is 26.3. The maximum Gasteiger partial charge on any atom is 0.124 e. The Bertz CT molecular complexity index is 1830. The lowest BCUT2D eigenvalue weighted by atomic mass is 10.2. The van der Waals surface area contributed by atoms with Crippen molar-refractivity contribution in [1.82, 2.24) is 9.97 Å². The summed E-state index contributed by atoms with van der Waals surface area (Å²) < 4.78 is 29.8. The van der Waals surface area contributed by atoms with Crippen LogP contribution in [0.25, 0.3) is 41.6 Å². The summed E-state index contributed by atoms with van der Waals surface area (Å²) in [6, 6.07) is 24.6.